The van der Waals surface area contributed by atoms with Crippen molar-refractivity contribution >= 4 is 0 Å². The quantitative estimate of drug-likeness (QED) is 0.0645. The predicted octanol–water partition coefficient (Wildman–Crippen LogP) is 12.4. The molecule has 0 N–H and O–H groups in total. The normalized spacial score (nSPS) is 12.0. The zero-order chi connectivity index (χ0) is 26.4. The Bertz CT molecular complexity index is 349. The fourth-order valence-electron chi connectivity index (χ4n) is 6.11. The average molecular weight is 509 g/mol. The molecule has 0 amide bonds. The number of quaternary nitrogens is 1. The molecule has 0 aromatic heterocycles. The summed E-state index contributed by atoms with van der Waals surface area (Å²) in [6, 6.07) is 0. The van der Waals surface area contributed by atoms with Crippen LogP contribution in [0.3, 0.4) is 0 Å². The summed E-state index contributed by atoms with van der Waals surface area (Å²) in [5, 5.41) is 0. The van der Waals surface area contributed by atoms with Crippen LogP contribution in [0, 0.1) is 0 Å². The number of rotatable bonds is 31. The first-order valence-electron chi connectivity index (χ1n) is 17.6. The molecule has 0 spiro atoms. The molecular weight excluding hydrogens is 434 g/mol. The molecule has 0 saturated heterocycles. The van der Waals surface area contributed by atoms with Gasteiger partial charge in [0, 0.05) is 0 Å². The highest BCUT2D eigenvalue weighted by molar-refractivity contribution is 4.55. The van der Waals surface area contributed by atoms with Gasteiger partial charge in [-0.25, -0.2) is 0 Å². The average Bonchev–Trinajstić information content (AvgIpc) is 2.89. The number of unbranched alkanes of at least 4 members (excludes halogenated alkanes) is 23. The number of hydrogen-bond donors (Lipinski definition) is 0. The van der Waals surface area contributed by atoms with Gasteiger partial charge < -0.3 is 4.48 Å². The molecule has 0 aliphatic rings. The molecule has 0 atom stereocenters. The van der Waals surface area contributed by atoms with Gasteiger partial charge in [-0.3, -0.25) is 0 Å². The Hall–Kier alpha value is -0.0400. The monoisotopic (exact) mass is 509 g/mol. The van der Waals surface area contributed by atoms with Crippen LogP contribution >= 0.6 is 0 Å². The summed E-state index contributed by atoms with van der Waals surface area (Å²) in [6.45, 7) is 15.3. The minimum atomic E-state index is 1.37. The third-order valence-corrected chi connectivity index (χ3v) is 8.69. The van der Waals surface area contributed by atoms with Crippen molar-refractivity contribution in [2.75, 3.05) is 26.2 Å². The van der Waals surface area contributed by atoms with Gasteiger partial charge in [-0.15, -0.1) is 0 Å². The molecule has 0 unspecified atom stereocenters. The fraction of sp³-hybridized carbons (Fsp3) is 1.00. The maximum Gasteiger partial charge on any atom is 0.0786 e. The lowest BCUT2D eigenvalue weighted by molar-refractivity contribution is -0.929. The zero-order valence-electron chi connectivity index (χ0n) is 26.4. The van der Waals surface area contributed by atoms with Crippen LogP contribution in [0.4, 0.5) is 0 Å². The van der Waals surface area contributed by atoms with Gasteiger partial charge in [-0.2, -0.15) is 0 Å². The second kappa shape index (κ2) is 29.5. The van der Waals surface area contributed by atoms with Crippen molar-refractivity contribution < 1.29 is 4.48 Å². The fourth-order valence-corrected chi connectivity index (χ4v) is 6.11. The highest BCUT2D eigenvalue weighted by Crippen LogP contribution is 2.21. The lowest BCUT2D eigenvalue weighted by atomic mass is 10.0. The van der Waals surface area contributed by atoms with Gasteiger partial charge in [0.25, 0.3) is 0 Å². The first-order chi connectivity index (χ1) is 17.7. The molecule has 0 aromatic rings. The van der Waals surface area contributed by atoms with Gasteiger partial charge in [0.15, 0.2) is 0 Å². The first kappa shape index (κ1) is 36.0. The zero-order valence-corrected chi connectivity index (χ0v) is 26.4. The van der Waals surface area contributed by atoms with Crippen molar-refractivity contribution in [3.63, 3.8) is 0 Å². The molecule has 0 bridgehead atoms. The second-order valence-electron chi connectivity index (χ2n) is 12.4. The molecule has 218 valence electrons. The van der Waals surface area contributed by atoms with Crippen molar-refractivity contribution in [2.24, 2.45) is 0 Å². The van der Waals surface area contributed by atoms with Crippen LogP contribution < -0.4 is 0 Å². The first-order valence-corrected chi connectivity index (χ1v) is 17.6. The maximum atomic E-state index is 2.34. The molecule has 0 aromatic carbocycles. The lowest BCUT2D eigenvalue weighted by Crippen LogP contribution is -2.50. The van der Waals surface area contributed by atoms with Crippen molar-refractivity contribution in [1.82, 2.24) is 0 Å². The van der Waals surface area contributed by atoms with Crippen LogP contribution in [0.1, 0.15) is 201 Å². The van der Waals surface area contributed by atoms with Crippen molar-refractivity contribution in [3.05, 3.63) is 0 Å². The largest absolute Gasteiger partial charge is 0.324 e. The summed E-state index contributed by atoms with van der Waals surface area (Å²) >= 11 is 0. The maximum absolute atomic E-state index is 2.34. The summed E-state index contributed by atoms with van der Waals surface area (Å²) in [7, 11) is 0. The van der Waals surface area contributed by atoms with Crippen molar-refractivity contribution in [3.8, 4) is 0 Å². The minimum absolute atomic E-state index is 1.37. The van der Waals surface area contributed by atoms with E-state index in [-0.39, 0.29) is 0 Å². The Labute approximate surface area is 231 Å². The van der Waals surface area contributed by atoms with E-state index in [9.17, 15) is 0 Å². The molecule has 1 nitrogen and oxygen atoms in total. The van der Waals surface area contributed by atoms with E-state index < -0.39 is 0 Å². The van der Waals surface area contributed by atoms with Crippen LogP contribution in [-0.4, -0.2) is 30.7 Å². The van der Waals surface area contributed by atoms with E-state index in [2.05, 4.69) is 27.7 Å². The Balaban J connectivity index is 4.72. The number of hydrogen-bond acceptors (Lipinski definition) is 0. The third kappa shape index (κ3) is 24.3. The summed E-state index contributed by atoms with van der Waals surface area (Å²) in [4.78, 5) is 0. The standard InChI is InChI=1S/C35H74N/c1-5-9-13-17-21-22-23-27-31-35-36(32-28-24-18-14-10-6-2,33-29-25-19-15-11-7-3)34-30-26-20-16-12-8-4/h5-35H2,1-4H3/q+1. The molecule has 0 radical (unpaired) electrons. The van der Waals surface area contributed by atoms with Crippen LogP contribution in [0.2, 0.25) is 0 Å². The van der Waals surface area contributed by atoms with Crippen LogP contribution in [0.25, 0.3) is 0 Å². The van der Waals surface area contributed by atoms with Crippen molar-refractivity contribution in [1.29, 1.82) is 0 Å². The van der Waals surface area contributed by atoms with Crippen LogP contribution in [-0.2, 0) is 0 Å². The Morgan fingerprint density at radius 3 is 0.583 bits per heavy atom. The van der Waals surface area contributed by atoms with Gasteiger partial charge >= 0.3 is 0 Å². The van der Waals surface area contributed by atoms with Gasteiger partial charge in [0.1, 0.15) is 0 Å². The van der Waals surface area contributed by atoms with E-state index in [0.29, 0.717) is 0 Å². The second-order valence-corrected chi connectivity index (χ2v) is 12.4. The molecule has 36 heavy (non-hydrogen) atoms. The van der Waals surface area contributed by atoms with E-state index in [0.717, 1.165) is 0 Å². The highest BCUT2D eigenvalue weighted by Gasteiger charge is 2.25. The van der Waals surface area contributed by atoms with E-state index in [1.807, 2.05) is 0 Å². The van der Waals surface area contributed by atoms with Gasteiger partial charge in [0.05, 0.1) is 26.2 Å². The van der Waals surface area contributed by atoms with Crippen LogP contribution in [0.5, 0.6) is 0 Å². The smallest absolute Gasteiger partial charge is 0.0786 e. The van der Waals surface area contributed by atoms with Gasteiger partial charge in [-0.1, -0.05) is 150 Å². The third-order valence-electron chi connectivity index (χ3n) is 8.69. The molecule has 0 saturated carbocycles. The molecule has 0 fully saturated rings. The summed E-state index contributed by atoms with van der Waals surface area (Å²) in [5.41, 5.74) is 0. The highest BCUT2D eigenvalue weighted by atomic mass is 15.3. The van der Waals surface area contributed by atoms with E-state index in [1.165, 1.54) is 204 Å². The van der Waals surface area contributed by atoms with E-state index >= 15 is 0 Å². The topological polar surface area (TPSA) is 0 Å². The van der Waals surface area contributed by atoms with Gasteiger partial charge in [0.2, 0.25) is 0 Å². The molecule has 1 heteroatoms. The summed E-state index contributed by atoms with van der Waals surface area (Å²) in [6.07, 6.45) is 39.3. The molecule has 0 aliphatic carbocycles. The minimum Gasteiger partial charge on any atom is -0.324 e. The summed E-state index contributed by atoms with van der Waals surface area (Å²) < 4.78 is 1.48. The molecule has 0 heterocycles. The summed E-state index contributed by atoms with van der Waals surface area (Å²) in [5.74, 6) is 0. The lowest BCUT2D eigenvalue weighted by Gasteiger charge is -2.40. The van der Waals surface area contributed by atoms with E-state index in [1.54, 1.807) is 0 Å². The SMILES string of the molecule is CCCCCCCCCCC[N+](CCCCCCCC)(CCCCCCCC)CCCCCCCC. The predicted molar refractivity (Wildman–Crippen MR) is 167 cm³/mol. The number of nitrogens with zero attached hydrogens (tertiary/aromatic N) is 1. The molecular formula is C35H74N+. The Morgan fingerprint density at radius 2 is 0.389 bits per heavy atom. The Kier molecular flexibility index (Phi) is 29.5. The van der Waals surface area contributed by atoms with Gasteiger partial charge in [-0.05, 0) is 51.4 Å². The van der Waals surface area contributed by atoms with Crippen LogP contribution in [0.15, 0.2) is 0 Å². The molecule has 0 rings (SSSR count). The Morgan fingerprint density at radius 1 is 0.222 bits per heavy atom. The van der Waals surface area contributed by atoms with E-state index in [4.69, 9.17) is 0 Å². The molecule has 0 aliphatic heterocycles. The van der Waals surface area contributed by atoms with Crippen molar-refractivity contribution in [2.45, 2.75) is 201 Å².